The molecule has 19 heavy (non-hydrogen) atoms. The fourth-order valence-corrected chi connectivity index (χ4v) is 3.19. The molecule has 0 amide bonds. The molecule has 0 spiro atoms. The first-order valence-electron chi connectivity index (χ1n) is 6.56. The van der Waals surface area contributed by atoms with Crippen LogP contribution in [0.15, 0.2) is 0 Å². The molecule has 0 aliphatic carbocycles. The van der Waals surface area contributed by atoms with Crippen LogP contribution in [0.25, 0.3) is 0 Å². The van der Waals surface area contributed by atoms with Crippen molar-refractivity contribution >= 4 is 14.1 Å². The zero-order valence-electron chi connectivity index (χ0n) is 13.6. The van der Waals surface area contributed by atoms with Gasteiger partial charge >= 0.3 is 18.9 Å². The third-order valence-corrected chi connectivity index (χ3v) is 5.24. The van der Waals surface area contributed by atoms with Crippen molar-refractivity contribution in [3.63, 3.8) is 0 Å². The third kappa shape index (κ3) is 4.19. The third-order valence-electron chi connectivity index (χ3n) is 3.81. The maximum absolute atomic E-state index is 12.4. The topological polar surface area (TPSA) is 17.1 Å². The molecule has 1 aromatic rings. The smallest absolute Gasteiger partial charge is 0.459 e. The fraction of sp³-hybridized carbons (Fsp3) is 0.562. The van der Waals surface area contributed by atoms with Gasteiger partial charge in [0.2, 0.25) is 0 Å². The molecule has 0 saturated carbocycles. The van der Waals surface area contributed by atoms with Crippen molar-refractivity contribution in [1.29, 1.82) is 0 Å². The summed E-state index contributed by atoms with van der Waals surface area (Å²) in [6.45, 7) is 14.8. The number of rotatable bonds is 4. The normalized spacial score (nSPS) is 11.2. The number of hydrogen-bond acceptors (Lipinski definition) is 1. The van der Waals surface area contributed by atoms with Gasteiger partial charge < -0.3 is 13.4 Å². The molecule has 0 atom stereocenters. The quantitative estimate of drug-likeness (QED) is 0.604. The minimum Gasteiger partial charge on any atom is -0.459 e. The maximum atomic E-state index is 12.4. The Bertz CT molecular complexity index is 449. The van der Waals surface area contributed by atoms with Gasteiger partial charge in [0.1, 0.15) is 0 Å². The molecule has 0 bridgehead atoms. The molecular formula is C16H24LiOP. The summed E-state index contributed by atoms with van der Waals surface area (Å²) in [4.78, 5) is 12.4. The van der Waals surface area contributed by atoms with Gasteiger partial charge in [0.05, 0.1) is 0 Å². The van der Waals surface area contributed by atoms with Crippen molar-refractivity contribution in [1.82, 2.24) is 0 Å². The van der Waals surface area contributed by atoms with E-state index in [0.717, 1.165) is 31.4 Å². The molecule has 0 aliphatic heterocycles. The second kappa shape index (κ2) is 7.63. The summed E-state index contributed by atoms with van der Waals surface area (Å²) in [6.07, 6.45) is 0.948. The minimum absolute atomic E-state index is 0. The average Bonchev–Trinajstić information content (AvgIpc) is 2.31. The largest absolute Gasteiger partial charge is 1.00 e. The Kier molecular flexibility index (Phi) is 7.60. The summed E-state index contributed by atoms with van der Waals surface area (Å²) >= 11 is 0. The molecule has 0 aliphatic rings. The molecule has 0 heterocycles. The Hall–Kier alpha value is -0.0826. The van der Waals surface area contributed by atoms with Crippen LogP contribution in [0.1, 0.15) is 52.0 Å². The van der Waals surface area contributed by atoms with Crippen molar-refractivity contribution in [2.45, 2.75) is 48.5 Å². The van der Waals surface area contributed by atoms with Gasteiger partial charge in [-0.15, -0.1) is 0 Å². The predicted molar refractivity (Wildman–Crippen MR) is 81.1 cm³/mol. The summed E-state index contributed by atoms with van der Waals surface area (Å²) < 4.78 is 0. The molecule has 100 valence electrons. The van der Waals surface area contributed by atoms with Gasteiger partial charge in [-0.2, -0.15) is 6.16 Å². The molecule has 0 aromatic heterocycles. The van der Waals surface area contributed by atoms with Gasteiger partial charge in [0, 0.05) is 5.52 Å². The van der Waals surface area contributed by atoms with Crippen LogP contribution in [0.5, 0.6) is 0 Å². The molecule has 0 N–H and O–H groups in total. The van der Waals surface area contributed by atoms with Gasteiger partial charge in [-0.1, -0.05) is 19.8 Å². The molecule has 0 fully saturated rings. The molecule has 0 radical (unpaired) electrons. The van der Waals surface area contributed by atoms with Gasteiger partial charge in [0.25, 0.3) is 0 Å². The molecule has 1 nitrogen and oxygen atoms in total. The zero-order chi connectivity index (χ0) is 14.0. The van der Waals surface area contributed by atoms with Crippen LogP contribution >= 0.6 is 8.58 Å². The van der Waals surface area contributed by atoms with Gasteiger partial charge in [-0.25, -0.2) is 0 Å². The Balaban J connectivity index is 0.00000324. The van der Waals surface area contributed by atoms with Crippen molar-refractivity contribution in [2.75, 3.05) is 6.16 Å². The second-order valence-corrected chi connectivity index (χ2v) is 6.63. The Labute approximate surface area is 131 Å². The van der Waals surface area contributed by atoms with E-state index in [0.29, 0.717) is 5.92 Å². The van der Waals surface area contributed by atoms with Crippen molar-refractivity contribution in [3.05, 3.63) is 33.4 Å². The number of benzene rings is 1. The standard InChI is InChI=1S/C16H24OP.Li/c1-9(2)8-18-16(17)15-13(6)11(4)10(3)12(5)14(15)7;/h9H,8H2,1-7H3;/q-1;+1. The molecule has 3 heteroatoms. The van der Waals surface area contributed by atoms with Crippen LogP contribution < -0.4 is 18.9 Å². The first-order valence-corrected chi connectivity index (χ1v) is 7.64. The first-order chi connectivity index (χ1) is 8.27. The van der Waals surface area contributed by atoms with Crippen LogP contribution in [0, 0.1) is 40.5 Å². The monoisotopic (exact) mass is 270 g/mol. The predicted octanol–water partition coefficient (Wildman–Crippen LogP) is 1.98. The summed E-state index contributed by atoms with van der Waals surface area (Å²) in [5.41, 5.74) is 7.42. The summed E-state index contributed by atoms with van der Waals surface area (Å²) in [7, 11) is 0.929. The SMILES string of the molecule is Cc1c(C)c(C)c(C(=O)[P-]CC(C)C)c(C)c1C.[Li+]. The van der Waals surface area contributed by atoms with Crippen molar-refractivity contribution in [3.8, 4) is 0 Å². The molecular weight excluding hydrogens is 246 g/mol. The van der Waals surface area contributed by atoms with Crippen LogP contribution in [0.3, 0.4) is 0 Å². The van der Waals surface area contributed by atoms with Gasteiger partial charge in [-0.05, 0) is 68.0 Å². The Morgan fingerprint density at radius 3 is 1.63 bits per heavy atom. The van der Waals surface area contributed by atoms with E-state index in [1.54, 1.807) is 0 Å². The van der Waals surface area contributed by atoms with Gasteiger partial charge in [-0.3, -0.25) is 0 Å². The van der Waals surface area contributed by atoms with E-state index < -0.39 is 0 Å². The van der Waals surface area contributed by atoms with E-state index >= 15 is 0 Å². The minimum atomic E-state index is 0. The molecule has 0 saturated heterocycles. The first kappa shape index (κ1) is 18.9. The number of carbonyl (C=O) groups excluding carboxylic acids is 1. The summed E-state index contributed by atoms with van der Waals surface area (Å²) in [5, 5.41) is 0. The van der Waals surface area contributed by atoms with E-state index in [2.05, 4.69) is 48.5 Å². The van der Waals surface area contributed by atoms with E-state index in [9.17, 15) is 4.79 Å². The van der Waals surface area contributed by atoms with Crippen molar-refractivity contribution in [2.24, 2.45) is 5.92 Å². The van der Waals surface area contributed by atoms with Crippen LogP contribution in [0.2, 0.25) is 0 Å². The molecule has 1 aromatic carbocycles. The Morgan fingerprint density at radius 2 is 1.26 bits per heavy atom. The van der Waals surface area contributed by atoms with Crippen LogP contribution in [-0.2, 0) is 0 Å². The van der Waals surface area contributed by atoms with E-state index in [-0.39, 0.29) is 24.4 Å². The van der Waals surface area contributed by atoms with Crippen molar-refractivity contribution < 1.29 is 23.7 Å². The summed E-state index contributed by atoms with van der Waals surface area (Å²) in [6, 6.07) is 0. The Morgan fingerprint density at radius 1 is 0.895 bits per heavy atom. The summed E-state index contributed by atoms with van der Waals surface area (Å²) in [5.74, 6) is 0.573. The van der Waals surface area contributed by atoms with E-state index in [1.165, 1.54) is 16.7 Å². The maximum Gasteiger partial charge on any atom is 1.00 e. The molecule has 0 unspecified atom stereocenters. The van der Waals surface area contributed by atoms with Crippen LogP contribution in [-0.4, -0.2) is 11.7 Å². The molecule has 1 rings (SSSR count). The van der Waals surface area contributed by atoms with E-state index in [1.807, 2.05) is 0 Å². The second-order valence-electron chi connectivity index (χ2n) is 5.54. The zero-order valence-corrected chi connectivity index (χ0v) is 14.5. The van der Waals surface area contributed by atoms with Gasteiger partial charge in [0.15, 0.2) is 0 Å². The van der Waals surface area contributed by atoms with Crippen LogP contribution in [0.4, 0.5) is 0 Å². The number of hydrogen-bond donors (Lipinski definition) is 0. The average molecular weight is 270 g/mol. The van der Waals surface area contributed by atoms with E-state index in [4.69, 9.17) is 0 Å². The fourth-order valence-electron chi connectivity index (χ4n) is 2.17. The number of carbonyl (C=O) groups is 1.